The first-order chi connectivity index (χ1) is 13.4. The van der Waals surface area contributed by atoms with Crippen molar-refractivity contribution in [3.8, 4) is 0 Å². The predicted molar refractivity (Wildman–Crippen MR) is 104 cm³/mol. The number of benzene rings is 2. The maximum atomic E-state index is 12.5. The molecule has 3 rings (SSSR count). The molecule has 7 heteroatoms. The van der Waals surface area contributed by atoms with Crippen LogP contribution in [-0.2, 0) is 14.3 Å². The van der Waals surface area contributed by atoms with Gasteiger partial charge in [-0.3, -0.25) is 4.79 Å². The molecule has 2 aromatic carbocycles. The fourth-order valence-corrected chi connectivity index (χ4v) is 2.93. The number of methoxy groups -OCH3 is 1. The zero-order chi connectivity index (χ0) is 20.3. The molecule has 0 saturated carbocycles. The Balaban J connectivity index is 1.68. The molecule has 0 unspecified atom stereocenters. The highest BCUT2D eigenvalue weighted by atomic mass is 16.5. The van der Waals surface area contributed by atoms with Crippen LogP contribution in [0.5, 0.6) is 0 Å². The van der Waals surface area contributed by atoms with E-state index in [-0.39, 0.29) is 0 Å². The zero-order valence-electron chi connectivity index (χ0n) is 15.8. The molecule has 1 aromatic heterocycles. The molecule has 0 radical (unpaired) electrons. The number of H-pyrrole nitrogens is 1. The highest BCUT2D eigenvalue weighted by molar-refractivity contribution is 6.06. The van der Waals surface area contributed by atoms with Gasteiger partial charge in [-0.2, -0.15) is 0 Å². The number of amides is 1. The fourth-order valence-electron chi connectivity index (χ4n) is 2.93. The molecule has 0 spiro atoms. The highest BCUT2D eigenvalue weighted by Crippen LogP contribution is 2.23. The molecule has 144 valence electrons. The monoisotopic (exact) mass is 380 g/mol. The van der Waals surface area contributed by atoms with Gasteiger partial charge in [0.1, 0.15) is 0 Å². The van der Waals surface area contributed by atoms with E-state index in [4.69, 9.17) is 4.74 Å². The molecule has 3 aromatic rings. The van der Waals surface area contributed by atoms with Crippen LogP contribution in [0.4, 0.5) is 5.69 Å². The van der Waals surface area contributed by atoms with E-state index in [2.05, 4.69) is 15.0 Å². The summed E-state index contributed by atoms with van der Waals surface area (Å²) in [5, 5.41) is 3.39. The number of carbonyl (C=O) groups is 3. The SMILES string of the molecule is COC(=O)c1ccc(C)c(NC(=O)COC(=O)c2c(C)[nH]c3ccccc23)c1. The smallest absolute Gasteiger partial charge is 0.341 e. The summed E-state index contributed by atoms with van der Waals surface area (Å²) in [6, 6.07) is 12.2. The summed E-state index contributed by atoms with van der Waals surface area (Å²) in [5.41, 5.74) is 3.44. The van der Waals surface area contributed by atoms with Gasteiger partial charge in [-0.15, -0.1) is 0 Å². The number of aromatic amines is 1. The largest absolute Gasteiger partial charge is 0.465 e. The molecule has 0 aliphatic carbocycles. The van der Waals surface area contributed by atoms with E-state index in [9.17, 15) is 14.4 Å². The van der Waals surface area contributed by atoms with Crippen molar-refractivity contribution >= 4 is 34.4 Å². The number of carbonyl (C=O) groups excluding carboxylic acids is 3. The normalized spacial score (nSPS) is 10.5. The van der Waals surface area contributed by atoms with Gasteiger partial charge in [0.25, 0.3) is 5.91 Å². The van der Waals surface area contributed by atoms with E-state index >= 15 is 0 Å². The third-order valence-electron chi connectivity index (χ3n) is 4.36. The molecule has 0 atom stereocenters. The molecule has 1 amide bonds. The molecular formula is C21H20N2O5. The predicted octanol–water partition coefficient (Wildman–Crippen LogP) is 3.37. The van der Waals surface area contributed by atoms with Crippen LogP contribution < -0.4 is 5.32 Å². The number of esters is 2. The third-order valence-corrected chi connectivity index (χ3v) is 4.36. The first-order valence-electron chi connectivity index (χ1n) is 8.64. The minimum Gasteiger partial charge on any atom is -0.465 e. The van der Waals surface area contributed by atoms with Crippen molar-refractivity contribution in [2.24, 2.45) is 0 Å². The third kappa shape index (κ3) is 3.88. The van der Waals surface area contributed by atoms with Crippen molar-refractivity contribution < 1.29 is 23.9 Å². The van der Waals surface area contributed by atoms with Crippen LogP contribution >= 0.6 is 0 Å². The lowest BCUT2D eigenvalue weighted by Crippen LogP contribution is -2.21. The van der Waals surface area contributed by atoms with Crippen molar-refractivity contribution in [2.45, 2.75) is 13.8 Å². The number of fused-ring (bicyclic) bond motifs is 1. The zero-order valence-corrected chi connectivity index (χ0v) is 15.8. The molecule has 7 nitrogen and oxygen atoms in total. The summed E-state index contributed by atoms with van der Waals surface area (Å²) in [6.07, 6.45) is 0. The molecule has 0 aliphatic heterocycles. The number of ether oxygens (including phenoxy) is 2. The molecule has 1 heterocycles. The van der Waals surface area contributed by atoms with E-state index in [1.807, 2.05) is 24.3 Å². The quantitative estimate of drug-likeness (QED) is 0.662. The maximum absolute atomic E-state index is 12.5. The standard InChI is InChI=1S/C21H20N2O5/c1-12-8-9-14(20(25)27-3)10-17(12)23-18(24)11-28-21(26)19-13(2)22-16-7-5-4-6-15(16)19/h4-10,22H,11H2,1-3H3,(H,23,24). The summed E-state index contributed by atoms with van der Waals surface area (Å²) in [4.78, 5) is 39.4. The number of hydrogen-bond acceptors (Lipinski definition) is 5. The van der Waals surface area contributed by atoms with Crippen molar-refractivity contribution in [1.29, 1.82) is 0 Å². The van der Waals surface area contributed by atoms with Crippen molar-refractivity contribution in [3.63, 3.8) is 0 Å². The lowest BCUT2D eigenvalue weighted by molar-refractivity contribution is -0.119. The summed E-state index contributed by atoms with van der Waals surface area (Å²) < 4.78 is 9.86. The van der Waals surface area contributed by atoms with Crippen molar-refractivity contribution in [2.75, 3.05) is 19.0 Å². The second-order valence-corrected chi connectivity index (χ2v) is 6.32. The van der Waals surface area contributed by atoms with Gasteiger partial charge in [0.2, 0.25) is 0 Å². The van der Waals surface area contributed by atoms with Gasteiger partial charge in [0, 0.05) is 22.3 Å². The van der Waals surface area contributed by atoms with E-state index in [0.717, 1.165) is 16.5 Å². The Morgan fingerprint density at radius 1 is 1.04 bits per heavy atom. The number of rotatable bonds is 5. The number of para-hydroxylation sites is 1. The number of aromatic nitrogens is 1. The van der Waals surface area contributed by atoms with Gasteiger partial charge in [-0.05, 0) is 37.6 Å². The summed E-state index contributed by atoms with van der Waals surface area (Å²) >= 11 is 0. The molecule has 0 aliphatic rings. The Labute approximate surface area is 161 Å². The van der Waals surface area contributed by atoms with Gasteiger partial charge in [-0.25, -0.2) is 9.59 Å². The van der Waals surface area contributed by atoms with Gasteiger partial charge in [-0.1, -0.05) is 24.3 Å². The Morgan fingerprint density at radius 3 is 2.54 bits per heavy atom. The first-order valence-corrected chi connectivity index (χ1v) is 8.64. The summed E-state index contributed by atoms with van der Waals surface area (Å²) in [6.45, 7) is 3.12. The lowest BCUT2D eigenvalue weighted by Gasteiger charge is -2.10. The average molecular weight is 380 g/mol. The minimum absolute atomic E-state index is 0.315. The van der Waals surface area contributed by atoms with E-state index in [1.165, 1.54) is 13.2 Å². The molecule has 28 heavy (non-hydrogen) atoms. The lowest BCUT2D eigenvalue weighted by atomic mass is 10.1. The first kappa shape index (κ1) is 19.2. The Kier molecular flexibility index (Phi) is 5.44. The number of hydrogen-bond donors (Lipinski definition) is 2. The second-order valence-electron chi connectivity index (χ2n) is 6.32. The number of anilines is 1. The van der Waals surface area contributed by atoms with Crippen LogP contribution in [0.15, 0.2) is 42.5 Å². The maximum Gasteiger partial charge on any atom is 0.341 e. The average Bonchev–Trinajstić information content (AvgIpc) is 3.03. The molecule has 0 fully saturated rings. The van der Waals surface area contributed by atoms with E-state index in [0.29, 0.717) is 22.5 Å². The molecule has 0 saturated heterocycles. The van der Waals surface area contributed by atoms with Crippen LogP contribution in [0, 0.1) is 13.8 Å². The topological polar surface area (TPSA) is 97.5 Å². The Morgan fingerprint density at radius 2 is 1.79 bits per heavy atom. The van der Waals surface area contributed by atoms with E-state index in [1.54, 1.807) is 26.0 Å². The van der Waals surface area contributed by atoms with Crippen LogP contribution in [-0.4, -0.2) is 36.5 Å². The molecular weight excluding hydrogens is 360 g/mol. The van der Waals surface area contributed by atoms with Gasteiger partial charge < -0.3 is 19.8 Å². The van der Waals surface area contributed by atoms with Crippen molar-refractivity contribution in [1.82, 2.24) is 4.98 Å². The van der Waals surface area contributed by atoms with Crippen LogP contribution in [0.25, 0.3) is 10.9 Å². The Bertz CT molecular complexity index is 1070. The minimum atomic E-state index is -0.579. The number of aryl methyl sites for hydroxylation is 2. The van der Waals surface area contributed by atoms with Gasteiger partial charge in [0.05, 0.1) is 18.2 Å². The van der Waals surface area contributed by atoms with Crippen molar-refractivity contribution in [3.05, 3.63) is 64.8 Å². The van der Waals surface area contributed by atoms with E-state index < -0.39 is 24.5 Å². The summed E-state index contributed by atoms with van der Waals surface area (Å²) in [5.74, 6) is -1.59. The highest BCUT2D eigenvalue weighted by Gasteiger charge is 2.18. The van der Waals surface area contributed by atoms with Crippen LogP contribution in [0.1, 0.15) is 32.0 Å². The molecule has 0 bridgehead atoms. The van der Waals surface area contributed by atoms with Crippen LogP contribution in [0.2, 0.25) is 0 Å². The summed E-state index contributed by atoms with van der Waals surface area (Å²) in [7, 11) is 1.28. The number of nitrogens with one attached hydrogen (secondary N) is 2. The molecule has 2 N–H and O–H groups in total. The van der Waals surface area contributed by atoms with Crippen LogP contribution in [0.3, 0.4) is 0 Å². The fraction of sp³-hybridized carbons (Fsp3) is 0.190. The van der Waals surface area contributed by atoms with Gasteiger partial charge >= 0.3 is 11.9 Å². The van der Waals surface area contributed by atoms with Gasteiger partial charge in [0.15, 0.2) is 6.61 Å². The second kappa shape index (κ2) is 7.96. The Hall–Kier alpha value is -3.61.